The number of nitrogens with zero attached hydrogens (tertiary/aromatic N) is 1. The Labute approximate surface area is 93.2 Å². The quantitative estimate of drug-likeness (QED) is 0.745. The summed E-state index contributed by atoms with van der Waals surface area (Å²) in [5.41, 5.74) is 0. The molecular weight excluding hydrogens is 188 g/mol. The fourth-order valence-corrected chi connectivity index (χ4v) is 3.03. The molecule has 3 atom stereocenters. The van der Waals surface area contributed by atoms with Gasteiger partial charge in [-0.15, -0.1) is 0 Å². The summed E-state index contributed by atoms with van der Waals surface area (Å²) in [7, 11) is 1.86. The van der Waals surface area contributed by atoms with E-state index in [1.165, 1.54) is 32.2 Å². The summed E-state index contributed by atoms with van der Waals surface area (Å²) in [4.78, 5) is 2.68. The molecule has 1 N–H and O–H groups in total. The lowest BCUT2D eigenvalue weighted by atomic mass is 9.90. The van der Waals surface area contributed by atoms with E-state index in [0.29, 0.717) is 12.1 Å². The van der Waals surface area contributed by atoms with E-state index in [2.05, 4.69) is 17.1 Å². The molecule has 0 aromatic rings. The predicted molar refractivity (Wildman–Crippen MR) is 62.1 cm³/mol. The molecule has 2 fully saturated rings. The zero-order valence-electron chi connectivity index (χ0n) is 10.0. The molecule has 1 heterocycles. The fraction of sp³-hybridized carbons (Fsp3) is 1.00. The van der Waals surface area contributed by atoms with Crippen LogP contribution in [0, 0.1) is 0 Å². The summed E-state index contributed by atoms with van der Waals surface area (Å²) in [6.45, 7) is 5.84. The van der Waals surface area contributed by atoms with Gasteiger partial charge in [0.2, 0.25) is 0 Å². The van der Waals surface area contributed by atoms with Gasteiger partial charge in [0.15, 0.2) is 0 Å². The van der Waals surface area contributed by atoms with Crippen molar-refractivity contribution in [3.8, 4) is 0 Å². The zero-order chi connectivity index (χ0) is 10.7. The lowest BCUT2D eigenvalue weighted by molar-refractivity contribution is 0.0108. The first-order valence-electron chi connectivity index (χ1n) is 6.30. The standard InChI is InChI=1S/C12H24N2O/c1-10-9-13-6-7-14(10)11-4-3-5-12(8-11)15-2/h10-13H,3-9H2,1-2H3/t10-,11?,12?/m1/s1. The van der Waals surface area contributed by atoms with E-state index < -0.39 is 0 Å². The van der Waals surface area contributed by atoms with Gasteiger partial charge in [0.25, 0.3) is 0 Å². The predicted octanol–water partition coefficient (Wildman–Crippen LogP) is 1.24. The van der Waals surface area contributed by atoms with Crippen LogP contribution in [0.1, 0.15) is 32.6 Å². The van der Waals surface area contributed by atoms with Gasteiger partial charge < -0.3 is 10.1 Å². The Morgan fingerprint density at radius 1 is 1.33 bits per heavy atom. The highest BCUT2D eigenvalue weighted by Crippen LogP contribution is 2.26. The highest BCUT2D eigenvalue weighted by molar-refractivity contribution is 4.86. The largest absolute Gasteiger partial charge is 0.381 e. The van der Waals surface area contributed by atoms with Gasteiger partial charge in [0.1, 0.15) is 0 Å². The highest BCUT2D eigenvalue weighted by atomic mass is 16.5. The third-order valence-corrected chi connectivity index (χ3v) is 3.95. The van der Waals surface area contributed by atoms with Gasteiger partial charge in [-0.2, -0.15) is 0 Å². The van der Waals surface area contributed by atoms with Gasteiger partial charge in [-0.1, -0.05) is 0 Å². The summed E-state index contributed by atoms with van der Waals surface area (Å²) >= 11 is 0. The minimum Gasteiger partial charge on any atom is -0.381 e. The molecule has 2 rings (SSSR count). The van der Waals surface area contributed by atoms with Crippen molar-refractivity contribution in [1.82, 2.24) is 10.2 Å². The molecule has 0 radical (unpaired) electrons. The molecule has 2 unspecified atom stereocenters. The summed E-state index contributed by atoms with van der Waals surface area (Å²) in [6, 6.07) is 1.46. The van der Waals surface area contributed by atoms with Crippen LogP contribution in [0.2, 0.25) is 0 Å². The lowest BCUT2D eigenvalue weighted by Crippen LogP contribution is -2.55. The number of hydrogen-bond acceptors (Lipinski definition) is 3. The molecule has 1 aliphatic carbocycles. The van der Waals surface area contributed by atoms with Crippen LogP contribution in [0.4, 0.5) is 0 Å². The lowest BCUT2D eigenvalue weighted by Gasteiger charge is -2.43. The number of rotatable bonds is 2. The first-order chi connectivity index (χ1) is 7.31. The summed E-state index contributed by atoms with van der Waals surface area (Å²) in [5, 5.41) is 3.46. The fourth-order valence-electron chi connectivity index (χ4n) is 3.03. The normalized spacial score (nSPS) is 39.2. The maximum absolute atomic E-state index is 5.51. The van der Waals surface area contributed by atoms with Gasteiger partial charge in [-0.25, -0.2) is 0 Å². The number of piperazine rings is 1. The second kappa shape index (κ2) is 5.28. The molecule has 15 heavy (non-hydrogen) atoms. The second-order valence-corrected chi connectivity index (χ2v) is 4.97. The second-order valence-electron chi connectivity index (χ2n) is 4.97. The topological polar surface area (TPSA) is 24.5 Å². The SMILES string of the molecule is COC1CCCC(N2CCNC[C@H]2C)C1. The molecule has 1 saturated carbocycles. The molecule has 1 saturated heterocycles. The van der Waals surface area contributed by atoms with E-state index in [0.717, 1.165) is 19.1 Å². The van der Waals surface area contributed by atoms with E-state index in [9.17, 15) is 0 Å². The van der Waals surface area contributed by atoms with Crippen LogP contribution in [-0.4, -0.2) is 49.8 Å². The average Bonchev–Trinajstić information content (AvgIpc) is 2.30. The minimum atomic E-state index is 0.505. The molecule has 0 bridgehead atoms. The van der Waals surface area contributed by atoms with Crippen LogP contribution in [-0.2, 0) is 4.74 Å². The molecule has 0 aromatic heterocycles. The zero-order valence-corrected chi connectivity index (χ0v) is 10.0. The maximum Gasteiger partial charge on any atom is 0.0586 e. The van der Waals surface area contributed by atoms with Gasteiger partial charge in [0, 0.05) is 38.8 Å². The van der Waals surface area contributed by atoms with Crippen molar-refractivity contribution in [1.29, 1.82) is 0 Å². The van der Waals surface area contributed by atoms with Crippen LogP contribution >= 0.6 is 0 Å². The van der Waals surface area contributed by atoms with Crippen molar-refractivity contribution in [3.63, 3.8) is 0 Å². The van der Waals surface area contributed by atoms with E-state index in [1.54, 1.807) is 0 Å². The Bertz CT molecular complexity index is 198. The van der Waals surface area contributed by atoms with Crippen molar-refractivity contribution in [3.05, 3.63) is 0 Å². The minimum absolute atomic E-state index is 0.505. The Morgan fingerprint density at radius 2 is 2.20 bits per heavy atom. The number of hydrogen-bond donors (Lipinski definition) is 1. The number of methoxy groups -OCH3 is 1. The number of ether oxygens (including phenoxy) is 1. The van der Waals surface area contributed by atoms with Crippen LogP contribution in [0.5, 0.6) is 0 Å². The molecule has 3 nitrogen and oxygen atoms in total. The summed E-state index contributed by atoms with van der Waals surface area (Å²) < 4.78 is 5.51. The first-order valence-corrected chi connectivity index (χ1v) is 6.30. The van der Waals surface area contributed by atoms with E-state index in [1.807, 2.05) is 7.11 Å². The Kier molecular flexibility index (Phi) is 4.00. The third-order valence-electron chi connectivity index (χ3n) is 3.95. The molecule has 1 aliphatic heterocycles. The van der Waals surface area contributed by atoms with E-state index in [-0.39, 0.29) is 0 Å². The Morgan fingerprint density at radius 3 is 2.93 bits per heavy atom. The van der Waals surface area contributed by atoms with Crippen LogP contribution in [0.15, 0.2) is 0 Å². The molecular formula is C12H24N2O. The van der Waals surface area contributed by atoms with Gasteiger partial charge in [-0.05, 0) is 32.6 Å². The van der Waals surface area contributed by atoms with Gasteiger partial charge in [-0.3, -0.25) is 4.90 Å². The molecule has 0 amide bonds. The first kappa shape index (κ1) is 11.4. The molecule has 3 heteroatoms. The van der Waals surface area contributed by atoms with Crippen molar-refractivity contribution in [2.45, 2.75) is 50.8 Å². The molecule has 0 aromatic carbocycles. The van der Waals surface area contributed by atoms with Crippen molar-refractivity contribution < 1.29 is 4.74 Å². The van der Waals surface area contributed by atoms with Crippen LogP contribution < -0.4 is 5.32 Å². The smallest absolute Gasteiger partial charge is 0.0586 e. The average molecular weight is 212 g/mol. The van der Waals surface area contributed by atoms with Crippen molar-refractivity contribution >= 4 is 0 Å². The molecule has 88 valence electrons. The highest BCUT2D eigenvalue weighted by Gasteiger charge is 2.30. The van der Waals surface area contributed by atoms with Gasteiger partial charge >= 0.3 is 0 Å². The van der Waals surface area contributed by atoms with Crippen LogP contribution in [0.3, 0.4) is 0 Å². The Hall–Kier alpha value is -0.120. The summed E-state index contributed by atoms with van der Waals surface area (Å²) in [5.74, 6) is 0. The van der Waals surface area contributed by atoms with Gasteiger partial charge in [0.05, 0.1) is 6.10 Å². The molecule has 0 spiro atoms. The van der Waals surface area contributed by atoms with E-state index >= 15 is 0 Å². The monoisotopic (exact) mass is 212 g/mol. The summed E-state index contributed by atoms with van der Waals surface area (Å²) in [6.07, 6.45) is 5.70. The van der Waals surface area contributed by atoms with Crippen molar-refractivity contribution in [2.75, 3.05) is 26.7 Å². The number of nitrogens with one attached hydrogen (secondary N) is 1. The van der Waals surface area contributed by atoms with E-state index in [4.69, 9.17) is 4.74 Å². The molecule has 2 aliphatic rings. The third kappa shape index (κ3) is 2.71. The van der Waals surface area contributed by atoms with Crippen LogP contribution in [0.25, 0.3) is 0 Å². The maximum atomic E-state index is 5.51. The van der Waals surface area contributed by atoms with Crippen molar-refractivity contribution in [2.24, 2.45) is 0 Å². The Balaban J connectivity index is 1.90.